The number of sulfonamides is 1. The first-order valence-corrected chi connectivity index (χ1v) is 11.3. The molecular formula is C17H17N3O4S3. The Morgan fingerprint density at radius 3 is 2.59 bits per heavy atom. The summed E-state index contributed by atoms with van der Waals surface area (Å²) in [6.07, 6.45) is 1.84. The van der Waals surface area contributed by atoms with Crippen molar-refractivity contribution in [2.75, 3.05) is 16.3 Å². The molecule has 0 saturated carbocycles. The summed E-state index contributed by atoms with van der Waals surface area (Å²) in [7, 11) is -2.19. The smallest absolute Gasteiger partial charge is 0.307 e. The Balaban J connectivity index is 1.97. The molecule has 0 bridgehead atoms. The Labute approximate surface area is 164 Å². The van der Waals surface area contributed by atoms with Crippen molar-refractivity contribution >= 4 is 60.6 Å². The Bertz CT molecular complexity index is 1200. The molecule has 0 aliphatic heterocycles. The number of nitrogens with zero attached hydrogens (tertiary/aromatic N) is 1. The number of carbonyl (C=O) groups is 1. The molecule has 7 nitrogen and oxygen atoms in total. The van der Waals surface area contributed by atoms with Crippen LogP contribution in [-0.2, 0) is 21.9 Å². The molecule has 10 heteroatoms. The van der Waals surface area contributed by atoms with Crippen LogP contribution in [-0.4, -0.2) is 25.1 Å². The summed E-state index contributed by atoms with van der Waals surface area (Å²) in [5.74, 6) is -0.280. The minimum absolute atomic E-state index is 0.0328. The van der Waals surface area contributed by atoms with E-state index in [1.54, 1.807) is 31.3 Å². The average Bonchev–Trinajstić information content (AvgIpc) is 2.87. The Hall–Kier alpha value is -2.30. The summed E-state index contributed by atoms with van der Waals surface area (Å²) >= 11 is 2.46. The average molecular weight is 424 g/mol. The van der Waals surface area contributed by atoms with Gasteiger partial charge in [0.2, 0.25) is 5.91 Å². The third-order valence-electron chi connectivity index (χ3n) is 3.84. The van der Waals surface area contributed by atoms with Crippen molar-refractivity contribution in [1.82, 2.24) is 4.57 Å². The van der Waals surface area contributed by atoms with Gasteiger partial charge in [-0.2, -0.15) is 0 Å². The van der Waals surface area contributed by atoms with Gasteiger partial charge >= 0.3 is 4.87 Å². The van der Waals surface area contributed by atoms with E-state index in [2.05, 4.69) is 10.0 Å². The number of hydrogen-bond acceptors (Lipinski definition) is 6. The highest BCUT2D eigenvalue weighted by atomic mass is 32.2. The predicted octanol–water partition coefficient (Wildman–Crippen LogP) is 3.08. The number of amides is 1. The molecule has 3 aromatic rings. The van der Waals surface area contributed by atoms with Gasteiger partial charge in [-0.05, 0) is 42.7 Å². The van der Waals surface area contributed by atoms with Crippen molar-refractivity contribution in [1.29, 1.82) is 0 Å². The summed E-state index contributed by atoms with van der Waals surface area (Å²) < 4.78 is 30.2. The van der Waals surface area contributed by atoms with Crippen LogP contribution in [0.4, 0.5) is 11.4 Å². The molecule has 3 rings (SSSR count). The number of aryl methyl sites for hydroxylation is 1. The minimum Gasteiger partial charge on any atom is -0.325 e. The van der Waals surface area contributed by atoms with E-state index in [4.69, 9.17) is 0 Å². The van der Waals surface area contributed by atoms with Crippen LogP contribution >= 0.6 is 23.1 Å². The molecule has 2 N–H and O–H groups in total. The Morgan fingerprint density at radius 2 is 1.93 bits per heavy atom. The Kier molecular flexibility index (Phi) is 5.31. The molecule has 0 unspecified atom stereocenters. The highest BCUT2D eigenvalue weighted by molar-refractivity contribution is 7.98. The number of thiazole rings is 1. The van der Waals surface area contributed by atoms with E-state index in [9.17, 15) is 18.0 Å². The molecule has 27 heavy (non-hydrogen) atoms. The zero-order chi connectivity index (χ0) is 19.8. The first kappa shape index (κ1) is 19.5. The molecule has 0 saturated heterocycles. The maximum Gasteiger partial charge on any atom is 0.307 e. The largest absolute Gasteiger partial charge is 0.325 e. The number of aromatic nitrogens is 1. The highest BCUT2D eigenvalue weighted by Crippen LogP contribution is 2.29. The van der Waals surface area contributed by atoms with Crippen molar-refractivity contribution in [3.8, 4) is 0 Å². The van der Waals surface area contributed by atoms with Crippen molar-refractivity contribution < 1.29 is 13.2 Å². The monoisotopic (exact) mass is 423 g/mol. The van der Waals surface area contributed by atoms with Gasteiger partial charge in [-0.15, -0.1) is 11.8 Å². The van der Waals surface area contributed by atoms with E-state index in [1.165, 1.54) is 35.4 Å². The second-order valence-corrected chi connectivity index (χ2v) is 9.28. The van der Waals surface area contributed by atoms with E-state index in [0.717, 1.165) is 21.7 Å². The quantitative estimate of drug-likeness (QED) is 0.615. The number of nitrogens with one attached hydrogen (secondary N) is 2. The molecule has 1 heterocycles. The van der Waals surface area contributed by atoms with Gasteiger partial charge in [0.25, 0.3) is 10.0 Å². The number of benzene rings is 2. The van der Waals surface area contributed by atoms with Crippen LogP contribution in [0.1, 0.15) is 6.92 Å². The van der Waals surface area contributed by atoms with Crippen LogP contribution in [0.15, 0.2) is 51.0 Å². The van der Waals surface area contributed by atoms with Gasteiger partial charge in [0.1, 0.15) is 0 Å². The molecule has 142 valence electrons. The van der Waals surface area contributed by atoms with Crippen LogP contribution in [0.3, 0.4) is 0 Å². The van der Waals surface area contributed by atoms with Gasteiger partial charge in [-0.3, -0.25) is 14.3 Å². The number of thioether (sulfide) groups is 1. The molecule has 0 aliphatic carbocycles. The topological polar surface area (TPSA) is 97.3 Å². The van der Waals surface area contributed by atoms with E-state index in [0.29, 0.717) is 16.1 Å². The first-order chi connectivity index (χ1) is 12.7. The summed E-state index contributed by atoms with van der Waals surface area (Å²) in [5, 5.41) is 2.65. The van der Waals surface area contributed by atoms with Crippen LogP contribution in [0.2, 0.25) is 0 Å². The van der Waals surface area contributed by atoms with Gasteiger partial charge in [0, 0.05) is 18.9 Å². The molecule has 0 spiro atoms. The summed E-state index contributed by atoms with van der Waals surface area (Å²) in [6, 6.07) is 9.50. The summed E-state index contributed by atoms with van der Waals surface area (Å²) in [5.41, 5.74) is 1.54. The van der Waals surface area contributed by atoms with Crippen LogP contribution in [0.25, 0.3) is 10.2 Å². The lowest BCUT2D eigenvalue weighted by atomic mass is 10.3. The second-order valence-electron chi connectivity index (χ2n) is 5.76. The normalized spacial score (nSPS) is 11.5. The van der Waals surface area contributed by atoms with E-state index in [-0.39, 0.29) is 15.7 Å². The minimum atomic E-state index is -3.86. The van der Waals surface area contributed by atoms with E-state index < -0.39 is 10.0 Å². The fourth-order valence-electron chi connectivity index (χ4n) is 2.55. The predicted molar refractivity (Wildman–Crippen MR) is 110 cm³/mol. The third-order valence-corrected chi connectivity index (χ3v) is 7.01. The summed E-state index contributed by atoms with van der Waals surface area (Å²) in [4.78, 5) is 23.8. The fraction of sp³-hybridized carbons (Fsp3) is 0.176. The van der Waals surface area contributed by atoms with Crippen molar-refractivity contribution in [3.63, 3.8) is 0 Å². The lowest BCUT2D eigenvalue weighted by molar-refractivity contribution is -0.114. The standard InChI is InChI=1S/C17H17N3O4S3/c1-10(21)18-13-9-12(5-7-15(13)25-3)27(23,24)19-11-4-6-14-16(8-11)26-17(22)20(14)2/h4-9,19H,1-3H3,(H,18,21). The molecular weight excluding hydrogens is 406 g/mol. The number of fused-ring (bicyclic) bond motifs is 1. The van der Waals surface area contributed by atoms with Crippen molar-refractivity contribution in [2.45, 2.75) is 16.7 Å². The van der Waals surface area contributed by atoms with Gasteiger partial charge in [0.15, 0.2) is 0 Å². The second kappa shape index (κ2) is 7.37. The zero-order valence-corrected chi connectivity index (χ0v) is 17.2. The number of rotatable bonds is 5. The lowest BCUT2D eigenvalue weighted by Gasteiger charge is -2.12. The zero-order valence-electron chi connectivity index (χ0n) is 14.8. The van der Waals surface area contributed by atoms with Crippen molar-refractivity contribution in [3.05, 3.63) is 46.1 Å². The SMILES string of the molecule is CSc1ccc(S(=O)(=O)Nc2ccc3c(c2)sc(=O)n3C)cc1NC(C)=O. The molecule has 0 aliphatic rings. The van der Waals surface area contributed by atoms with Crippen LogP contribution < -0.4 is 14.9 Å². The molecule has 1 aromatic heterocycles. The number of carbonyl (C=O) groups excluding carboxylic acids is 1. The van der Waals surface area contributed by atoms with Crippen LogP contribution in [0.5, 0.6) is 0 Å². The molecule has 0 atom stereocenters. The number of anilines is 2. The third kappa shape index (κ3) is 4.02. The fourth-order valence-corrected chi connectivity index (χ4v) is 5.08. The molecule has 2 aromatic carbocycles. The Morgan fingerprint density at radius 1 is 1.19 bits per heavy atom. The highest BCUT2D eigenvalue weighted by Gasteiger charge is 2.17. The van der Waals surface area contributed by atoms with Gasteiger partial charge < -0.3 is 9.88 Å². The lowest BCUT2D eigenvalue weighted by Crippen LogP contribution is -2.14. The maximum absolute atomic E-state index is 12.8. The molecule has 1 amide bonds. The molecule has 0 fully saturated rings. The van der Waals surface area contributed by atoms with Crippen molar-refractivity contribution in [2.24, 2.45) is 7.05 Å². The first-order valence-electron chi connectivity index (χ1n) is 7.79. The van der Waals surface area contributed by atoms with Gasteiger partial charge in [0.05, 0.1) is 26.5 Å². The van der Waals surface area contributed by atoms with E-state index >= 15 is 0 Å². The molecule has 0 radical (unpaired) electrons. The number of hydrogen-bond donors (Lipinski definition) is 2. The van der Waals surface area contributed by atoms with Crippen LogP contribution in [0, 0.1) is 0 Å². The van der Waals surface area contributed by atoms with Gasteiger partial charge in [-0.1, -0.05) is 11.3 Å². The van der Waals surface area contributed by atoms with E-state index in [1.807, 2.05) is 6.26 Å². The maximum atomic E-state index is 12.8. The van der Waals surface area contributed by atoms with Gasteiger partial charge in [-0.25, -0.2) is 8.42 Å². The summed E-state index contributed by atoms with van der Waals surface area (Å²) in [6.45, 7) is 1.37.